The third-order valence-electron chi connectivity index (χ3n) is 3.65. The van der Waals surface area contributed by atoms with Crippen LogP contribution in [0.2, 0.25) is 0 Å². The first-order valence-corrected chi connectivity index (χ1v) is 8.04. The van der Waals surface area contributed by atoms with Gasteiger partial charge in [-0.1, -0.05) is 38.2 Å². The summed E-state index contributed by atoms with van der Waals surface area (Å²) in [6.07, 6.45) is 11.8. The molecule has 0 aliphatic heterocycles. The molecule has 1 aliphatic carbocycles. The van der Waals surface area contributed by atoms with Crippen molar-refractivity contribution in [2.24, 2.45) is 0 Å². The van der Waals surface area contributed by atoms with E-state index in [9.17, 15) is 8.42 Å². The van der Waals surface area contributed by atoms with Gasteiger partial charge in [-0.3, -0.25) is 4.55 Å². The molecule has 0 atom stereocenters. The van der Waals surface area contributed by atoms with Gasteiger partial charge in [0.1, 0.15) is 0 Å². The van der Waals surface area contributed by atoms with Gasteiger partial charge in [-0.15, -0.1) is 6.58 Å². The second kappa shape index (κ2) is 6.55. The Labute approximate surface area is 105 Å². The molecular formula is C13H24O3S. The summed E-state index contributed by atoms with van der Waals surface area (Å²) in [5.41, 5.74) is 0. The van der Waals surface area contributed by atoms with E-state index in [-0.39, 0.29) is 0 Å². The van der Waals surface area contributed by atoms with Crippen LogP contribution in [0.3, 0.4) is 0 Å². The van der Waals surface area contributed by atoms with Crippen LogP contribution in [0.5, 0.6) is 0 Å². The molecule has 1 rings (SSSR count). The molecule has 1 fully saturated rings. The minimum atomic E-state index is -3.81. The van der Waals surface area contributed by atoms with Gasteiger partial charge in [0, 0.05) is 0 Å². The molecule has 0 amide bonds. The van der Waals surface area contributed by atoms with E-state index in [1.165, 1.54) is 25.7 Å². The molecule has 1 N–H and O–H groups in total. The fourth-order valence-corrected chi connectivity index (χ4v) is 3.24. The Morgan fingerprint density at radius 2 is 1.59 bits per heavy atom. The lowest BCUT2D eigenvalue weighted by Crippen LogP contribution is -2.21. The zero-order valence-electron chi connectivity index (χ0n) is 10.5. The largest absolute Gasteiger partial charge is 0.285 e. The van der Waals surface area contributed by atoms with Crippen molar-refractivity contribution < 1.29 is 13.0 Å². The lowest BCUT2D eigenvalue weighted by atomic mass is 10.1. The molecule has 0 bridgehead atoms. The third kappa shape index (κ3) is 4.80. The summed E-state index contributed by atoms with van der Waals surface area (Å²) < 4.78 is 30.5. The summed E-state index contributed by atoms with van der Waals surface area (Å²) in [5.74, 6) is 0. The van der Waals surface area contributed by atoms with Crippen LogP contribution in [0, 0.1) is 0 Å². The first-order valence-electron chi connectivity index (χ1n) is 6.60. The minimum absolute atomic E-state index is 0.637. The average Bonchev–Trinajstić information content (AvgIpc) is 3.02. The Balaban J connectivity index is 2.00. The van der Waals surface area contributed by atoms with E-state index in [0.717, 1.165) is 19.3 Å². The molecule has 1 saturated carbocycles. The molecule has 100 valence electrons. The van der Waals surface area contributed by atoms with Gasteiger partial charge in [0.2, 0.25) is 0 Å². The summed E-state index contributed by atoms with van der Waals surface area (Å²) in [7, 11) is -3.81. The van der Waals surface area contributed by atoms with Crippen LogP contribution in [0.15, 0.2) is 12.7 Å². The van der Waals surface area contributed by atoms with Gasteiger partial charge in [0.05, 0.1) is 4.75 Å². The van der Waals surface area contributed by atoms with E-state index in [1.54, 1.807) is 0 Å². The Kier molecular flexibility index (Phi) is 5.67. The summed E-state index contributed by atoms with van der Waals surface area (Å²) in [6, 6.07) is 0. The summed E-state index contributed by atoms with van der Waals surface area (Å²) in [4.78, 5) is 0. The van der Waals surface area contributed by atoms with Crippen molar-refractivity contribution in [3.8, 4) is 0 Å². The zero-order valence-corrected chi connectivity index (χ0v) is 11.3. The maximum atomic E-state index is 11.1. The number of allylic oxidation sites excluding steroid dienone is 1. The van der Waals surface area contributed by atoms with Crippen LogP contribution in [0.1, 0.15) is 64.2 Å². The first kappa shape index (κ1) is 14.7. The molecule has 3 nitrogen and oxygen atoms in total. The van der Waals surface area contributed by atoms with Crippen molar-refractivity contribution >= 4 is 10.1 Å². The monoisotopic (exact) mass is 260 g/mol. The number of rotatable bonds is 10. The lowest BCUT2D eigenvalue weighted by Gasteiger charge is -2.10. The topological polar surface area (TPSA) is 54.4 Å². The standard InChI is InChI=1S/C13H24O3S/c1-2-3-4-5-6-7-8-9-10-13(11-12-13)17(14,15)16/h2H,1,3-12H2,(H,14,15,16). The minimum Gasteiger partial charge on any atom is -0.285 e. The van der Waals surface area contributed by atoms with Gasteiger partial charge in [0.25, 0.3) is 10.1 Å². The van der Waals surface area contributed by atoms with E-state index < -0.39 is 14.9 Å². The first-order chi connectivity index (χ1) is 8.02. The molecule has 0 spiro atoms. The fourth-order valence-electron chi connectivity index (χ4n) is 2.22. The predicted octanol–water partition coefficient (Wildman–Crippen LogP) is 3.71. The normalized spacial score (nSPS) is 17.9. The van der Waals surface area contributed by atoms with Crippen molar-refractivity contribution in [3.05, 3.63) is 12.7 Å². The summed E-state index contributed by atoms with van der Waals surface area (Å²) in [5, 5.41) is 0. The molecule has 0 radical (unpaired) electrons. The van der Waals surface area contributed by atoms with Crippen molar-refractivity contribution in [3.63, 3.8) is 0 Å². The number of unbranched alkanes of at least 4 members (excludes halogenated alkanes) is 6. The molecular weight excluding hydrogens is 236 g/mol. The summed E-state index contributed by atoms with van der Waals surface area (Å²) in [6.45, 7) is 3.68. The Hall–Kier alpha value is -0.350. The smallest absolute Gasteiger partial charge is 0.270 e. The van der Waals surface area contributed by atoms with E-state index in [4.69, 9.17) is 4.55 Å². The Morgan fingerprint density at radius 1 is 1.06 bits per heavy atom. The average molecular weight is 260 g/mol. The van der Waals surface area contributed by atoms with Crippen molar-refractivity contribution in [2.45, 2.75) is 69.0 Å². The molecule has 1 aliphatic rings. The van der Waals surface area contributed by atoms with Crippen LogP contribution in [-0.2, 0) is 10.1 Å². The van der Waals surface area contributed by atoms with Gasteiger partial charge in [0.15, 0.2) is 0 Å². The number of hydrogen-bond acceptors (Lipinski definition) is 2. The zero-order chi connectivity index (χ0) is 12.8. The van der Waals surface area contributed by atoms with Crippen LogP contribution in [0.25, 0.3) is 0 Å². The number of hydrogen-bond donors (Lipinski definition) is 1. The predicted molar refractivity (Wildman–Crippen MR) is 70.6 cm³/mol. The molecule has 0 unspecified atom stereocenters. The molecule has 0 saturated heterocycles. The lowest BCUT2D eigenvalue weighted by molar-refractivity contribution is 0.451. The highest BCUT2D eigenvalue weighted by molar-refractivity contribution is 7.87. The SMILES string of the molecule is C=CCCCCCCCCC1(S(=O)(=O)O)CC1. The fraction of sp³-hybridized carbons (Fsp3) is 0.846. The molecule has 0 heterocycles. The molecule has 0 aromatic rings. The second-order valence-electron chi connectivity index (χ2n) is 5.11. The van der Waals surface area contributed by atoms with Crippen molar-refractivity contribution in [2.75, 3.05) is 0 Å². The van der Waals surface area contributed by atoms with Gasteiger partial charge in [-0.25, -0.2) is 0 Å². The van der Waals surface area contributed by atoms with Gasteiger partial charge >= 0.3 is 0 Å². The van der Waals surface area contributed by atoms with Gasteiger partial charge < -0.3 is 0 Å². The van der Waals surface area contributed by atoms with Crippen molar-refractivity contribution in [1.82, 2.24) is 0 Å². The van der Waals surface area contributed by atoms with Crippen molar-refractivity contribution in [1.29, 1.82) is 0 Å². The Morgan fingerprint density at radius 3 is 2.06 bits per heavy atom. The molecule has 0 aromatic heterocycles. The quantitative estimate of drug-likeness (QED) is 0.370. The highest BCUT2D eigenvalue weighted by Gasteiger charge is 2.53. The van der Waals surface area contributed by atoms with Crippen LogP contribution in [0.4, 0.5) is 0 Å². The maximum absolute atomic E-state index is 11.1. The van der Waals surface area contributed by atoms with E-state index in [2.05, 4.69) is 6.58 Å². The van der Waals surface area contributed by atoms with Crippen LogP contribution in [-0.4, -0.2) is 17.7 Å². The highest BCUT2D eigenvalue weighted by atomic mass is 32.2. The van der Waals surface area contributed by atoms with Crippen LogP contribution < -0.4 is 0 Å². The van der Waals surface area contributed by atoms with E-state index >= 15 is 0 Å². The maximum Gasteiger partial charge on any atom is 0.270 e. The third-order valence-corrected chi connectivity index (χ3v) is 5.35. The molecule has 4 heteroatoms. The molecule has 0 aromatic carbocycles. The molecule has 17 heavy (non-hydrogen) atoms. The highest BCUT2D eigenvalue weighted by Crippen LogP contribution is 2.47. The van der Waals surface area contributed by atoms with E-state index in [1.807, 2.05) is 6.08 Å². The van der Waals surface area contributed by atoms with E-state index in [0.29, 0.717) is 19.3 Å². The van der Waals surface area contributed by atoms with Gasteiger partial charge in [-0.05, 0) is 32.1 Å². The van der Waals surface area contributed by atoms with Gasteiger partial charge in [-0.2, -0.15) is 8.42 Å². The second-order valence-corrected chi connectivity index (χ2v) is 6.92. The van der Waals surface area contributed by atoms with Crippen LogP contribution >= 0.6 is 0 Å². The summed E-state index contributed by atoms with van der Waals surface area (Å²) >= 11 is 0. The Bertz CT molecular complexity index is 329.